The first-order chi connectivity index (χ1) is 10.6. The maximum atomic E-state index is 10.9. The standard InChI is InChI=1S/C16H26N2O4/c1-14-13-15(7-8-16(14)18(21)22)17(10-4-6-12-20)9-3-2-5-11-19/h7-8,13,19-20H,2-6,9-12H2,1H3. The number of rotatable bonds is 11. The molecule has 0 aliphatic carbocycles. The molecule has 0 bridgehead atoms. The maximum Gasteiger partial charge on any atom is 0.272 e. The average molecular weight is 310 g/mol. The van der Waals surface area contributed by atoms with Crippen LogP contribution in [-0.4, -0.2) is 41.4 Å². The summed E-state index contributed by atoms with van der Waals surface area (Å²) in [4.78, 5) is 12.7. The van der Waals surface area contributed by atoms with Crippen molar-refractivity contribution in [3.63, 3.8) is 0 Å². The van der Waals surface area contributed by atoms with Crippen LogP contribution in [0.4, 0.5) is 11.4 Å². The number of aryl methyl sites for hydroxylation is 1. The van der Waals surface area contributed by atoms with Crippen LogP contribution in [0.2, 0.25) is 0 Å². The van der Waals surface area contributed by atoms with E-state index < -0.39 is 0 Å². The fraction of sp³-hybridized carbons (Fsp3) is 0.625. The van der Waals surface area contributed by atoms with Crippen molar-refractivity contribution in [1.29, 1.82) is 0 Å². The molecule has 6 heteroatoms. The van der Waals surface area contributed by atoms with Crippen LogP contribution in [0.25, 0.3) is 0 Å². The third-order valence-electron chi connectivity index (χ3n) is 3.66. The van der Waals surface area contributed by atoms with Gasteiger partial charge in [-0.25, -0.2) is 0 Å². The van der Waals surface area contributed by atoms with E-state index in [1.54, 1.807) is 19.1 Å². The Morgan fingerprint density at radius 3 is 2.18 bits per heavy atom. The first kappa shape index (κ1) is 18.4. The molecule has 0 radical (unpaired) electrons. The molecule has 0 saturated carbocycles. The van der Waals surface area contributed by atoms with Crippen LogP contribution in [0, 0.1) is 17.0 Å². The van der Waals surface area contributed by atoms with Crippen LogP contribution in [0.15, 0.2) is 18.2 Å². The molecule has 0 fully saturated rings. The Labute approximate surface area is 131 Å². The normalized spacial score (nSPS) is 10.7. The lowest BCUT2D eigenvalue weighted by Gasteiger charge is -2.25. The molecule has 1 rings (SSSR count). The fourth-order valence-corrected chi connectivity index (χ4v) is 2.42. The van der Waals surface area contributed by atoms with Gasteiger partial charge < -0.3 is 15.1 Å². The van der Waals surface area contributed by atoms with Crippen molar-refractivity contribution >= 4 is 11.4 Å². The van der Waals surface area contributed by atoms with Gasteiger partial charge in [0.05, 0.1) is 4.92 Å². The number of unbranched alkanes of at least 4 members (excludes halogenated alkanes) is 3. The van der Waals surface area contributed by atoms with Gasteiger partial charge in [-0.05, 0) is 51.2 Å². The predicted molar refractivity (Wildman–Crippen MR) is 87.3 cm³/mol. The number of aliphatic hydroxyl groups excluding tert-OH is 2. The van der Waals surface area contributed by atoms with Gasteiger partial charge in [-0.2, -0.15) is 0 Å². The Bertz CT molecular complexity index is 465. The molecular weight excluding hydrogens is 284 g/mol. The number of nitrogens with zero attached hydrogens (tertiary/aromatic N) is 2. The van der Waals surface area contributed by atoms with Gasteiger partial charge in [0.15, 0.2) is 0 Å². The fourth-order valence-electron chi connectivity index (χ4n) is 2.42. The SMILES string of the molecule is Cc1cc(N(CCCCO)CCCCCO)ccc1[N+](=O)[O-]. The van der Waals surface area contributed by atoms with Crippen molar-refractivity contribution in [1.82, 2.24) is 0 Å². The second-order valence-corrected chi connectivity index (χ2v) is 5.43. The first-order valence-electron chi connectivity index (χ1n) is 7.82. The highest BCUT2D eigenvalue weighted by atomic mass is 16.6. The molecule has 0 aliphatic heterocycles. The monoisotopic (exact) mass is 310 g/mol. The van der Waals surface area contributed by atoms with Crippen LogP contribution in [0.3, 0.4) is 0 Å². The van der Waals surface area contributed by atoms with E-state index >= 15 is 0 Å². The minimum absolute atomic E-state index is 0.138. The molecule has 0 atom stereocenters. The number of nitro benzene ring substituents is 1. The molecule has 1 aromatic carbocycles. The number of nitro groups is 1. The van der Waals surface area contributed by atoms with E-state index in [2.05, 4.69) is 4.90 Å². The zero-order valence-corrected chi connectivity index (χ0v) is 13.2. The van der Waals surface area contributed by atoms with Gasteiger partial charge in [0, 0.05) is 43.6 Å². The van der Waals surface area contributed by atoms with Gasteiger partial charge in [-0.15, -0.1) is 0 Å². The molecule has 2 N–H and O–H groups in total. The summed E-state index contributed by atoms with van der Waals surface area (Å²) in [6, 6.07) is 5.19. The summed E-state index contributed by atoms with van der Waals surface area (Å²) < 4.78 is 0. The summed E-state index contributed by atoms with van der Waals surface area (Å²) >= 11 is 0. The van der Waals surface area contributed by atoms with Crippen LogP contribution in [0.5, 0.6) is 0 Å². The second-order valence-electron chi connectivity index (χ2n) is 5.43. The van der Waals surface area contributed by atoms with Gasteiger partial charge in [-0.3, -0.25) is 10.1 Å². The molecule has 0 aromatic heterocycles. The first-order valence-corrected chi connectivity index (χ1v) is 7.82. The topological polar surface area (TPSA) is 86.8 Å². The van der Waals surface area contributed by atoms with Crippen molar-refractivity contribution in [2.45, 2.75) is 39.0 Å². The number of aliphatic hydroxyl groups is 2. The lowest BCUT2D eigenvalue weighted by molar-refractivity contribution is -0.385. The minimum Gasteiger partial charge on any atom is -0.396 e. The van der Waals surface area contributed by atoms with Crippen molar-refractivity contribution in [3.05, 3.63) is 33.9 Å². The zero-order chi connectivity index (χ0) is 16.4. The summed E-state index contributed by atoms with van der Waals surface area (Å²) in [5.74, 6) is 0. The molecule has 0 aliphatic rings. The molecule has 1 aromatic rings. The van der Waals surface area contributed by atoms with E-state index in [1.165, 1.54) is 0 Å². The van der Waals surface area contributed by atoms with Gasteiger partial charge in [-0.1, -0.05) is 0 Å². The Balaban J connectivity index is 2.75. The minimum atomic E-state index is -0.365. The molecule has 0 unspecified atom stereocenters. The van der Waals surface area contributed by atoms with Crippen LogP contribution in [0.1, 0.15) is 37.7 Å². The van der Waals surface area contributed by atoms with Gasteiger partial charge >= 0.3 is 0 Å². The van der Waals surface area contributed by atoms with Crippen molar-refractivity contribution in [2.75, 3.05) is 31.2 Å². The molecule has 0 saturated heterocycles. The molecule has 0 spiro atoms. The van der Waals surface area contributed by atoms with E-state index in [0.29, 0.717) is 5.56 Å². The van der Waals surface area contributed by atoms with Crippen LogP contribution >= 0.6 is 0 Å². The van der Waals surface area contributed by atoms with E-state index in [9.17, 15) is 10.1 Å². The average Bonchev–Trinajstić information content (AvgIpc) is 2.49. The van der Waals surface area contributed by atoms with Crippen molar-refractivity contribution < 1.29 is 15.1 Å². The van der Waals surface area contributed by atoms with Crippen molar-refractivity contribution in [3.8, 4) is 0 Å². The van der Waals surface area contributed by atoms with Crippen molar-refractivity contribution in [2.24, 2.45) is 0 Å². The van der Waals surface area contributed by atoms with Gasteiger partial charge in [0.1, 0.15) is 0 Å². The molecular formula is C16H26N2O4. The van der Waals surface area contributed by atoms with E-state index in [-0.39, 0.29) is 23.8 Å². The predicted octanol–water partition coefficient (Wildman–Crippen LogP) is 2.64. The number of hydrogen-bond acceptors (Lipinski definition) is 5. The quantitative estimate of drug-likeness (QED) is 0.373. The highest BCUT2D eigenvalue weighted by Gasteiger charge is 2.13. The number of anilines is 1. The molecule has 124 valence electrons. The van der Waals surface area contributed by atoms with Gasteiger partial charge in [0.2, 0.25) is 0 Å². The summed E-state index contributed by atoms with van der Waals surface area (Å²) in [5, 5.41) is 28.6. The van der Waals surface area contributed by atoms with Gasteiger partial charge in [0.25, 0.3) is 5.69 Å². The lowest BCUT2D eigenvalue weighted by atomic mass is 10.1. The Morgan fingerprint density at radius 2 is 1.64 bits per heavy atom. The summed E-state index contributed by atoms with van der Waals surface area (Å²) in [7, 11) is 0. The van der Waals surface area contributed by atoms with E-state index in [1.807, 2.05) is 6.07 Å². The number of hydrogen-bond donors (Lipinski definition) is 2. The summed E-state index contributed by atoms with van der Waals surface area (Å²) in [6.45, 7) is 3.80. The Hall–Kier alpha value is -1.66. The molecule has 0 amide bonds. The maximum absolute atomic E-state index is 10.9. The van der Waals surface area contributed by atoms with E-state index in [0.717, 1.165) is 50.9 Å². The smallest absolute Gasteiger partial charge is 0.272 e. The van der Waals surface area contributed by atoms with Crippen LogP contribution < -0.4 is 4.90 Å². The Morgan fingerprint density at radius 1 is 1.05 bits per heavy atom. The summed E-state index contributed by atoms with van der Waals surface area (Å²) in [6.07, 6.45) is 4.35. The van der Waals surface area contributed by atoms with Crippen LogP contribution in [-0.2, 0) is 0 Å². The zero-order valence-electron chi connectivity index (χ0n) is 13.2. The second kappa shape index (κ2) is 10.1. The third-order valence-corrected chi connectivity index (χ3v) is 3.66. The highest BCUT2D eigenvalue weighted by Crippen LogP contribution is 2.25. The molecule has 0 heterocycles. The molecule has 22 heavy (non-hydrogen) atoms. The van der Waals surface area contributed by atoms with E-state index in [4.69, 9.17) is 10.2 Å². The molecule has 6 nitrogen and oxygen atoms in total. The third kappa shape index (κ3) is 5.99. The Kier molecular flexibility index (Phi) is 8.47. The number of benzene rings is 1. The highest BCUT2D eigenvalue weighted by molar-refractivity contribution is 5.55. The largest absolute Gasteiger partial charge is 0.396 e. The summed E-state index contributed by atoms with van der Waals surface area (Å²) in [5.41, 5.74) is 1.77. The lowest BCUT2D eigenvalue weighted by Crippen LogP contribution is -2.26.